The summed E-state index contributed by atoms with van der Waals surface area (Å²) in [5.41, 5.74) is 0.722. The fraction of sp³-hybridized carbons (Fsp3) is 0.438. The SMILES string of the molecule is Cc1nccn1-c1ncccc1NC(=O)[C@H]1CCN[C@@H](C)C1.Cl.Cl. The molecule has 2 N–H and O–H groups in total. The van der Waals surface area contributed by atoms with Crippen LogP contribution in [-0.4, -0.2) is 33.0 Å². The van der Waals surface area contributed by atoms with E-state index in [-0.39, 0.29) is 36.6 Å². The molecule has 1 aliphatic rings. The predicted molar refractivity (Wildman–Crippen MR) is 99.4 cm³/mol. The second-order valence-electron chi connectivity index (χ2n) is 5.78. The zero-order valence-electron chi connectivity index (χ0n) is 13.7. The molecule has 1 amide bonds. The Bertz CT molecular complexity index is 676. The summed E-state index contributed by atoms with van der Waals surface area (Å²) < 4.78 is 1.88. The molecule has 1 saturated heterocycles. The number of anilines is 1. The number of hydrogen-bond acceptors (Lipinski definition) is 4. The van der Waals surface area contributed by atoms with Crippen LogP contribution < -0.4 is 10.6 Å². The Morgan fingerprint density at radius 1 is 1.33 bits per heavy atom. The number of halogens is 2. The average Bonchev–Trinajstić information content (AvgIpc) is 2.94. The lowest BCUT2D eigenvalue weighted by Crippen LogP contribution is -2.40. The van der Waals surface area contributed by atoms with E-state index in [0.717, 1.165) is 30.9 Å². The van der Waals surface area contributed by atoms with Crippen LogP contribution in [0.2, 0.25) is 0 Å². The van der Waals surface area contributed by atoms with E-state index in [0.29, 0.717) is 11.9 Å². The van der Waals surface area contributed by atoms with Crippen LogP contribution in [-0.2, 0) is 4.79 Å². The number of nitrogens with zero attached hydrogens (tertiary/aromatic N) is 3. The van der Waals surface area contributed by atoms with E-state index >= 15 is 0 Å². The highest BCUT2D eigenvalue weighted by Crippen LogP contribution is 2.22. The first-order valence-electron chi connectivity index (χ1n) is 7.64. The fourth-order valence-electron chi connectivity index (χ4n) is 2.89. The Morgan fingerprint density at radius 3 is 2.79 bits per heavy atom. The van der Waals surface area contributed by atoms with Crippen molar-refractivity contribution in [3.8, 4) is 5.82 Å². The third-order valence-corrected chi connectivity index (χ3v) is 4.09. The Kier molecular flexibility index (Phi) is 7.66. The maximum Gasteiger partial charge on any atom is 0.227 e. The van der Waals surface area contributed by atoms with Gasteiger partial charge in [0.05, 0.1) is 5.69 Å². The number of carbonyl (C=O) groups excluding carboxylic acids is 1. The van der Waals surface area contributed by atoms with Gasteiger partial charge in [0.2, 0.25) is 5.91 Å². The summed E-state index contributed by atoms with van der Waals surface area (Å²) in [6.45, 7) is 4.92. The summed E-state index contributed by atoms with van der Waals surface area (Å²) in [5.74, 6) is 1.66. The highest BCUT2D eigenvalue weighted by molar-refractivity contribution is 5.94. The number of rotatable bonds is 3. The van der Waals surface area contributed by atoms with Gasteiger partial charge in [0, 0.05) is 30.6 Å². The Balaban J connectivity index is 0.00000144. The molecule has 0 unspecified atom stereocenters. The molecule has 24 heavy (non-hydrogen) atoms. The van der Waals surface area contributed by atoms with Gasteiger partial charge >= 0.3 is 0 Å². The van der Waals surface area contributed by atoms with E-state index in [9.17, 15) is 4.79 Å². The molecule has 2 aromatic heterocycles. The molecule has 0 radical (unpaired) electrons. The summed E-state index contributed by atoms with van der Waals surface area (Å²) in [5, 5.41) is 6.41. The summed E-state index contributed by atoms with van der Waals surface area (Å²) in [7, 11) is 0. The fourth-order valence-corrected chi connectivity index (χ4v) is 2.89. The monoisotopic (exact) mass is 371 g/mol. The number of nitrogens with one attached hydrogen (secondary N) is 2. The molecule has 1 fully saturated rings. The normalized spacial score (nSPS) is 19.8. The van der Waals surface area contributed by atoms with Crippen molar-refractivity contribution < 1.29 is 4.79 Å². The van der Waals surface area contributed by atoms with Crippen molar-refractivity contribution in [3.63, 3.8) is 0 Å². The first-order chi connectivity index (χ1) is 10.6. The quantitative estimate of drug-likeness (QED) is 0.869. The van der Waals surface area contributed by atoms with Gasteiger partial charge in [-0.3, -0.25) is 9.36 Å². The summed E-state index contributed by atoms with van der Waals surface area (Å²) in [6.07, 6.45) is 7.03. The van der Waals surface area contributed by atoms with E-state index in [1.165, 1.54) is 0 Å². The van der Waals surface area contributed by atoms with Crippen LogP contribution >= 0.6 is 24.8 Å². The molecule has 3 rings (SSSR count). The van der Waals surface area contributed by atoms with Gasteiger partial charge in [-0.2, -0.15) is 0 Å². The topological polar surface area (TPSA) is 71.8 Å². The lowest BCUT2D eigenvalue weighted by atomic mass is 9.92. The minimum absolute atomic E-state index is 0. The van der Waals surface area contributed by atoms with E-state index in [4.69, 9.17) is 0 Å². The molecule has 0 bridgehead atoms. The van der Waals surface area contributed by atoms with Crippen molar-refractivity contribution in [2.24, 2.45) is 5.92 Å². The number of imidazole rings is 1. The molecule has 0 spiro atoms. The summed E-state index contributed by atoms with van der Waals surface area (Å²) in [6, 6.07) is 4.09. The Labute approximate surface area is 154 Å². The van der Waals surface area contributed by atoms with Crippen molar-refractivity contribution in [2.45, 2.75) is 32.7 Å². The van der Waals surface area contributed by atoms with Crippen molar-refractivity contribution in [1.29, 1.82) is 0 Å². The van der Waals surface area contributed by atoms with E-state index in [2.05, 4.69) is 27.5 Å². The van der Waals surface area contributed by atoms with Crippen molar-refractivity contribution in [3.05, 3.63) is 36.5 Å². The van der Waals surface area contributed by atoms with Crippen molar-refractivity contribution >= 4 is 36.4 Å². The highest BCUT2D eigenvalue weighted by Gasteiger charge is 2.25. The maximum absolute atomic E-state index is 12.5. The van der Waals surface area contributed by atoms with Gasteiger partial charge in [-0.05, 0) is 45.4 Å². The zero-order chi connectivity index (χ0) is 15.5. The number of aryl methyl sites for hydroxylation is 1. The first-order valence-corrected chi connectivity index (χ1v) is 7.64. The number of piperidine rings is 1. The van der Waals surface area contributed by atoms with Crippen LogP contribution in [0.15, 0.2) is 30.7 Å². The minimum Gasteiger partial charge on any atom is -0.323 e. The van der Waals surface area contributed by atoms with Gasteiger partial charge in [-0.25, -0.2) is 9.97 Å². The van der Waals surface area contributed by atoms with Gasteiger partial charge in [-0.1, -0.05) is 0 Å². The molecule has 0 saturated carbocycles. The summed E-state index contributed by atoms with van der Waals surface area (Å²) >= 11 is 0. The van der Waals surface area contributed by atoms with Crippen LogP contribution in [0.4, 0.5) is 5.69 Å². The van der Waals surface area contributed by atoms with Gasteiger partial charge in [0.15, 0.2) is 5.82 Å². The smallest absolute Gasteiger partial charge is 0.227 e. The molecule has 6 nitrogen and oxygen atoms in total. The molecule has 3 heterocycles. The average molecular weight is 372 g/mol. The third-order valence-electron chi connectivity index (χ3n) is 4.09. The Morgan fingerprint density at radius 2 is 2.12 bits per heavy atom. The van der Waals surface area contributed by atoms with Crippen molar-refractivity contribution in [1.82, 2.24) is 19.9 Å². The number of amides is 1. The molecule has 8 heteroatoms. The summed E-state index contributed by atoms with van der Waals surface area (Å²) in [4.78, 5) is 21.1. The molecular weight excluding hydrogens is 349 g/mol. The van der Waals surface area contributed by atoms with Gasteiger partial charge in [0.1, 0.15) is 5.82 Å². The number of aromatic nitrogens is 3. The highest BCUT2D eigenvalue weighted by atomic mass is 35.5. The van der Waals surface area contributed by atoms with Gasteiger partial charge in [-0.15, -0.1) is 24.8 Å². The van der Waals surface area contributed by atoms with Gasteiger partial charge in [0.25, 0.3) is 0 Å². The second kappa shape index (κ2) is 9.01. The predicted octanol–water partition coefficient (Wildman–Crippen LogP) is 2.75. The molecular formula is C16H23Cl2N5O. The number of carbonyl (C=O) groups is 1. The molecule has 1 aliphatic heterocycles. The molecule has 132 valence electrons. The van der Waals surface area contributed by atoms with Crippen LogP contribution in [0.25, 0.3) is 5.82 Å². The van der Waals surface area contributed by atoms with Gasteiger partial charge < -0.3 is 10.6 Å². The lowest BCUT2D eigenvalue weighted by molar-refractivity contribution is -0.120. The van der Waals surface area contributed by atoms with Crippen LogP contribution in [0, 0.1) is 12.8 Å². The second-order valence-corrected chi connectivity index (χ2v) is 5.78. The van der Waals surface area contributed by atoms with Crippen molar-refractivity contribution in [2.75, 3.05) is 11.9 Å². The molecule has 0 aliphatic carbocycles. The molecule has 2 atom stereocenters. The van der Waals surface area contributed by atoms with E-state index in [1.807, 2.05) is 29.8 Å². The minimum atomic E-state index is 0. The maximum atomic E-state index is 12.5. The Hall–Kier alpha value is -1.63. The lowest BCUT2D eigenvalue weighted by Gasteiger charge is -2.27. The molecule has 0 aromatic carbocycles. The first kappa shape index (κ1) is 20.4. The largest absolute Gasteiger partial charge is 0.323 e. The van der Waals surface area contributed by atoms with Crippen LogP contribution in [0.5, 0.6) is 0 Å². The third kappa shape index (κ3) is 4.47. The van der Waals surface area contributed by atoms with E-state index < -0.39 is 0 Å². The molecule has 2 aromatic rings. The van der Waals surface area contributed by atoms with Crippen LogP contribution in [0.3, 0.4) is 0 Å². The number of hydrogen-bond donors (Lipinski definition) is 2. The zero-order valence-corrected chi connectivity index (χ0v) is 15.4. The number of pyridine rings is 1. The standard InChI is InChI=1S/C16H21N5O.2ClH/c1-11-10-13(5-7-17-11)16(22)20-14-4-3-6-19-15(14)21-9-8-18-12(21)2;;/h3-4,6,8-9,11,13,17H,5,7,10H2,1-2H3,(H,20,22);2*1H/t11-,13-;;/m0../s1. The van der Waals surface area contributed by atoms with Crippen LogP contribution in [0.1, 0.15) is 25.6 Å². The van der Waals surface area contributed by atoms with E-state index in [1.54, 1.807) is 12.4 Å².